The molecule has 6 heteroatoms. The van der Waals surface area contributed by atoms with Crippen LogP contribution in [0, 0.1) is 6.92 Å². The van der Waals surface area contributed by atoms with Crippen LogP contribution in [0.1, 0.15) is 18.4 Å². The molecule has 0 atom stereocenters. The van der Waals surface area contributed by atoms with Crippen molar-refractivity contribution in [1.29, 1.82) is 0 Å². The average molecular weight is 325 g/mol. The van der Waals surface area contributed by atoms with Crippen molar-refractivity contribution in [1.82, 2.24) is 5.32 Å². The average Bonchev–Trinajstić information content (AvgIpc) is 3.31. The largest absolute Gasteiger partial charge is 0.417 e. The Labute approximate surface area is 140 Å². The molecule has 1 aliphatic carbocycles. The SMILES string of the molecule is Cc1cccc(NC(=O)Oc2cccc(NC(=O)NC3CC3)c2)c1. The molecule has 3 N–H and O–H groups in total. The van der Waals surface area contributed by atoms with Crippen molar-refractivity contribution >= 4 is 23.5 Å². The summed E-state index contributed by atoms with van der Waals surface area (Å²) in [6.07, 6.45) is 1.46. The van der Waals surface area contributed by atoms with E-state index in [4.69, 9.17) is 4.74 Å². The van der Waals surface area contributed by atoms with Crippen LogP contribution in [0.2, 0.25) is 0 Å². The monoisotopic (exact) mass is 325 g/mol. The third-order valence-corrected chi connectivity index (χ3v) is 3.48. The molecule has 6 nitrogen and oxygen atoms in total. The summed E-state index contributed by atoms with van der Waals surface area (Å²) in [5.74, 6) is 0.351. The molecule has 0 spiro atoms. The molecule has 0 bridgehead atoms. The van der Waals surface area contributed by atoms with Crippen LogP contribution < -0.4 is 20.7 Å². The first-order valence-corrected chi connectivity index (χ1v) is 7.81. The lowest BCUT2D eigenvalue weighted by Crippen LogP contribution is -2.30. The van der Waals surface area contributed by atoms with Gasteiger partial charge in [0.25, 0.3) is 0 Å². The van der Waals surface area contributed by atoms with Crippen LogP contribution >= 0.6 is 0 Å². The van der Waals surface area contributed by atoms with E-state index in [0.717, 1.165) is 18.4 Å². The van der Waals surface area contributed by atoms with Crippen LogP contribution in [0.15, 0.2) is 48.5 Å². The highest BCUT2D eigenvalue weighted by Crippen LogP contribution is 2.20. The second-order valence-corrected chi connectivity index (χ2v) is 5.78. The van der Waals surface area contributed by atoms with Gasteiger partial charge in [-0.25, -0.2) is 9.59 Å². The van der Waals surface area contributed by atoms with Gasteiger partial charge >= 0.3 is 12.1 Å². The second kappa shape index (κ2) is 7.04. The summed E-state index contributed by atoms with van der Waals surface area (Å²) < 4.78 is 5.25. The number of carbonyl (C=O) groups is 2. The molecule has 0 aliphatic heterocycles. The summed E-state index contributed by atoms with van der Waals surface area (Å²) in [5, 5.41) is 8.22. The van der Waals surface area contributed by atoms with Crippen molar-refractivity contribution in [2.45, 2.75) is 25.8 Å². The van der Waals surface area contributed by atoms with Gasteiger partial charge in [0.2, 0.25) is 0 Å². The summed E-state index contributed by atoms with van der Waals surface area (Å²) in [5.41, 5.74) is 2.27. The minimum absolute atomic E-state index is 0.251. The van der Waals surface area contributed by atoms with E-state index >= 15 is 0 Å². The molecule has 2 aromatic rings. The lowest BCUT2D eigenvalue weighted by Gasteiger charge is -2.10. The van der Waals surface area contributed by atoms with Gasteiger partial charge in [0, 0.05) is 23.5 Å². The molecule has 0 heterocycles. The van der Waals surface area contributed by atoms with Crippen LogP contribution in [0.4, 0.5) is 21.0 Å². The number of nitrogens with one attached hydrogen (secondary N) is 3. The Bertz CT molecular complexity index is 757. The number of rotatable bonds is 4. The lowest BCUT2D eigenvalue weighted by atomic mass is 10.2. The fourth-order valence-electron chi connectivity index (χ4n) is 2.19. The summed E-state index contributed by atoms with van der Waals surface area (Å²) in [7, 11) is 0. The minimum atomic E-state index is -0.583. The van der Waals surface area contributed by atoms with Gasteiger partial charge in [-0.15, -0.1) is 0 Å². The predicted octanol–water partition coefficient (Wildman–Crippen LogP) is 3.89. The Morgan fingerprint density at radius 2 is 1.71 bits per heavy atom. The summed E-state index contributed by atoms with van der Waals surface area (Å²) >= 11 is 0. The number of benzene rings is 2. The summed E-state index contributed by atoms with van der Waals surface area (Å²) in [4.78, 5) is 23.7. The number of amides is 3. The maximum atomic E-state index is 11.9. The Balaban J connectivity index is 1.57. The predicted molar refractivity (Wildman–Crippen MR) is 92.4 cm³/mol. The third kappa shape index (κ3) is 4.74. The summed E-state index contributed by atoms with van der Waals surface area (Å²) in [6.45, 7) is 1.94. The Hall–Kier alpha value is -3.02. The summed E-state index contributed by atoms with van der Waals surface area (Å²) in [6, 6.07) is 14.2. The first kappa shape index (κ1) is 15.9. The molecule has 1 fully saturated rings. The van der Waals surface area contributed by atoms with Crippen LogP contribution in [-0.4, -0.2) is 18.2 Å². The first-order valence-electron chi connectivity index (χ1n) is 7.81. The van der Waals surface area contributed by atoms with E-state index in [1.807, 2.05) is 25.1 Å². The van der Waals surface area contributed by atoms with Crippen LogP contribution in [0.3, 0.4) is 0 Å². The molecule has 0 radical (unpaired) electrons. The van der Waals surface area contributed by atoms with Gasteiger partial charge in [0.05, 0.1) is 0 Å². The minimum Gasteiger partial charge on any atom is -0.410 e. The normalized spacial score (nSPS) is 13.0. The van der Waals surface area contributed by atoms with Gasteiger partial charge in [0.15, 0.2) is 0 Å². The lowest BCUT2D eigenvalue weighted by molar-refractivity contribution is 0.215. The van der Waals surface area contributed by atoms with Gasteiger partial charge in [-0.05, 0) is 49.6 Å². The standard InChI is InChI=1S/C18H19N3O3/c1-12-4-2-5-14(10-12)21-18(23)24-16-7-3-6-15(11-16)20-17(22)19-13-8-9-13/h2-7,10-11,13H,8-9H2,1H3,(H,21,23)(H2,19,20,22). The highest BCUT2D eigenvalue weighted by Gasteiger charge is 2.23. The smallest absolute Gasteiger partial charge is 0.410 e. The highest BCUT2D eigenvalue weighted by molar-refractivity contribution is 5.90. The zero-order valence-electron chi connectivity index (χ0n) is 13.3. The van der Waals surface area contributed by atoms with Crippen molar-refractivity contribution in [3.63, 3.8) is 0 Å². The molecule has 0 aromatic heterocycles. The Morgan fingerprint density at radius 1 is 1.00 bits per heavy atom. The molecular formula is C18H19N3O3. The van der Waals surface area contributed by atoms with Gasteiger partial charge in [-0.2, -0.15) is 0 Å². The van der Waals surface area contributed by atoms with E-state index in [-0.39, 0.29) is 12.1 Å². The fourth-order valence-corrected chi connectivity index (χ4v) is 2.19. The number of hydrogen-bond acceptors (Lipinski definition) is 3. The zero-order chi connectivity index (χ0) is 16.9. The fraction of sp³-hybridized carbons (Fsp3) is 0.222. The molecule has 3 rings (SSSR count). The molecule has 0 saturated heterocycles. The van der Waals surface area contributed by atoms with E-state index in [9.17, 15) is 9.59 Å². The number of ether oxygens (including phenoxy) is 1. The van der Waals surface area contributed by atoms with Crippen LogP contribution in [-0.2, 0) is 0 Å². The molecule has 124 valence electrons. The van der Waals surface area contributed by atoms with Crippen molar-refractivity contribution in [2.24, 2.45) is 0 Å². The highest BCUT2D eigenvalue weighted by atomic mass is 16.6. The Morgan fingerprint density at radius 3 is 2.42 bits per heavy atom. The number of hydrogen-bond donors (Lipinski definition) is 3. The molecule has 24 heavy (non-hydrogen) atoms. The number of carbonyl (C=O) groups excluding carboxylic acids is 2. The van der Waals surface area contributed by atoms with E-state index < -0.39 is 6.09 Å². The Kier molecular flexibility index (Phi) is 4.65. The molecule has 2 aromatic carbocycles. The van der Waals surface area contributed by atoms with E-state index in [0.29, 0.717) is 17.1 Å². The van der Waals surface area contributed by atoms with Crippen molar-refractivity contribution in [2.75, 3.05) is 10.6 Å². The number of aryl methyl sites for hydroxylation is 1. The molecule has 3 amide bonds. The van der Waals surface area contributed by atoms with Crippen molar-refractivity contribution < 1.29 is 14.3 Å². The van der Waals surface area contributed by atoms with E-state index in [1.165, 1.54) is 0 Å². The van der Waals surface area contributed by atoms with Crippen molar-refractivity contribution in [3.05, 3.63) is 54.1 Å². The van der Waals surface area contributed by atoms with Gasteiger partial charge in [0.1, 0.15) is 5.75 Å². The molecular weight excluding hydrogens is 306 g/mol. The van der Waals surface area contributed by atoms with Crippen LogP contribution in [0.5, 0.6) is 5.75 Å². The second-order valence-electron chi connectivity index (χ2n) is 5.78. The van der Waals surface area contributed by atoms with Gasteiger partial charge in [-0.3, -0.25) is 5.32 Å². The topological polar surface area (TPSA) is 79.5 Å². The van der Waals surface area contributed by atoms with E-state index in [2.05, 4.69) is 16.0 Å². The third-order valence-electron chi connectivity index (χ3n) is 3.48. The quantitative estimate of drug-likeness (QED) is 0.798. The van der Waals surface area contributed by atoms with Gasteiger partial charge in [-0.1, -0.05) is 18.2 Å². The maximum absolute atomic E-state index is 11.9. The number of urea groups is 1. The molecule has 0 unspecified atom stereocenters. The molecule has 1 saturated carbocycles. The van der Waals surface area contributed by atoms with Crippen molar-refractivity contribution in [3.8, 4) is 5.75 Å². The van der Waals surface area contributed by atoms with Gasteiger partial charge < -0.3 is 15.4 Å². The zero-order valence-corrected chi connectivity index (χ0v) is 13.3. The van der Waals surface area contributed by atoms with E-state index in [1.54, 1.807) is 30.3 Å². The first-order chi connectivity index (χ1) is 11.6. The molecule has 1 aliphatic rings. The van der Waals surface area contributed by atoms with Crippen LogP contribution in [0.25, 0.3) is 0 Å². The number of anilines is 2. The maximum Gasteiger partial charge on any atom is 0.417 e.